The van der Waals surface area contributed by atoms with Crippen molar-refractivity contribution in [3.05, 3.63) is 33.8 Å². The summed E-state index contributed by atoms with van der Waals surface area (Å²) in [5, 5.41) is 0. The summed E-state index contributed by atoms with van der Waals surface area (Å²) >= 11 is 3.09. The highest BCUT2D eigenvalue weighted by Gasteiger charge is 2.22. The van der Waals surface area contributed by atoms with Crippen LogP contribution >= 0.6 is 15.9 Å². The first-order chi connectivity index (χ1) is 8.09. The van der Waals surface area contributed by atoms with Gasteiger partial charge in [0.25, 0.3) is 0 Å². The largest absolute Gasteiger partial charge is 0.299 e. The van der Waals surface area contributed by atoms with Gasteiger partial charge >= 0.3 is 0 Å². The molecule has 0 atom stereocenters. The van der Waals surface area contributed by atoms with Gasteiger partial charge in [-0.1, -0.05) is 12.8 Å². The standard InChI is InChI=1S/C13H16BrF2N/c1-17(9-4-2-3-5-9)8-10-12(15)7-6-11(14)13(10)16/h6-7,9H,2-5,8H2,1H3. The van der Waals surface area contributed by atoms with Crippen LogP contribution in [0.5, 0.6) is 0 Å². The summed E-state index contributed by atoms with van der Waals surface area (Å²) in [6.07, 6.45) is 4.71. The fourth-order valence-corrected chi connectivity index (χ4v) is 2.81. The van der Waals surface area contributed by atoms with Gasteiger partial charge in [-0.3, -0.25) is 4.90 Å². The molecule has 1 aromatic carbocycles. The van der Waals surface area contributed by atoms with Gasteiger partial charge in [-0.25, -0.2) is 8.78 Å². The highest BCUT2D eigenvalue weighted by molar-refractivity contribution is 9.10. The second kappa shape index (κ2) is 5.44. The maximum Gasteiger partial charge on any atom is 0.144 e. The minimum Gasteiger partial charge on any atom is -0.299 e. The number of hydrogen-bond acceptors (Lipinski definition) is 1. The van der Waals surface area contributed by atoms with E-state index in [2.05, 4.69) is 20.8 Å². The van der Waals surface area contributed by atoms with Crippen molar-refractivity contribution in [3.63, 3.8) is 0 Å². The molecule has 1 aliphatic carbocycles. The predicted octanol–water partition coefficient (Wildman–Crippen LogP) is 4.10. The minimum atomic E-state index is -0.477. The number of hydrogen-bond donors (Lipinski definition) is 0. The van der Waals surface area contributed by atoms with Crippen molar-refractivity contribution in [1.82, 2.24) is 4.90 Å². The van der Waals surface area contributed by atoms with Gasteiger partial charge in [0, 0.05) is 18.2 Å². The summed E-state index contributed by atoms with van der Waals surface area (Å²) in [5.74, 6) is -0.939. The molecular weight excluding hydrogens is 288 g/mol. The summed E-state index contributed by atoms with van der Waals surface area (Å²) < 4.78 is 27.7. The second-order valence-electron chi connectivity index (χ2n) is 4.68. The zero-order valence-corrected chi connectivity index (χ0v) is 11.4. The van der Waals surface area contributed by atoms with E-state index in [1.807, 2.05) is 7.05 Å². The topological polar surface area (TPSA) is 3.24 Å². The van der Waals surface area contributed by atoms with E-state index in [-0.39, 0.29) is 5.56 Å². The van der Waals surface area contributed by atoms with Gasteiger partial charge in [0.2, 0.25) is 0 Å². The molecule has 1 fully saturated rings. The zero-order valence-electron chi connectivity index (χ0n) is 9.85. The molecule has 0 aliphatic heterocycles. The van der Waals surface area contributed by atoms with E-state index >= 15 is 0 Å². The molecule has 1 aliphatic rings. The number of halogens is 3. The Hall–Kier alpha value is -0.480. The van der Waals surface area contributed by atoms with Gasteiger partial charge in [0.05, 0.1) is 4.47 Å². The lowest BCUT2D eigenvalue weighted by molar-refractivity contribution is 0.231. The fraction of sp³-hybridized carbons (Fsp3) is 0.538. The molecule has 1 saturated carbocycles. The predicted molar refractivity (Wildman–Crippen MR) is 67.8 cm³/mol. The third-order valence-electron chi connectivity index (χ3n) is 3.49. The van der Waals surface area contributed by atoms with Crippen molar-refractivity contribution in [3.8, 4) is 0 Å². The van der Waals surface area contributed by atoms with Crippen LogP contribution in [0.1, 0.15) is 31.2 Å². The molecule has 0 spiro atoms. The lowest BCUT2D eigenvalue weighted by atomic mass is 10.1. The van der Waals surface area contributed by atoms with Crippen LogP contribution in [0, 0.1) is 11.6 Å². The highest BCUT2D eigenvalue weighted by Crippen LogP contribution is 2.27. The summed E-state index contributed by atoms with van der Waals surface area (Å²) in [4.78, 5) is 2.06. The van der Waals surface area contributed by atoms with Crippen molar-refractivity contribution in [2.24, 2.45) is 0 Å². The first-order valence-corrected chi connectivity index (χ1v) is 6.71. The average Bonchev–Trinajstić information content (AvgIpc) is 2.83. The van der Waals surface area contributed by atoms with Crippen LogP contribution in [0.2, 0.25) is 0 Å². The Morgan fingerprint density at radius 1 is 1.29 bits per heavy atom. The molecule has 0 radical (unpaired) electrons. The van der Waals surface area contributed by atoms with Gasteiger partial charge in [-0.2, -0.15) is 0 Å². The third kappa shape index (κ3) is 2.86. The van der Waals surface area contributed by atoms with E-state index in [0.717, 1.165) is 12.8 Å². The molecule has 0 bridgehead atoms. The SMILES string of the molecule is CN(Cc1c(F)ccc(Br)c1F)C1CCCC1. The minimum absolute atomic E-state index is 0.161. The smallest absolute Gasteiger partial charge is 0.144 e. The zero-order chi connectivity index (χ0) is 12.4. The maximum absolute atomic E-state index is 13.8. The Balaban J connectivity index is 2.14. The maximum atomic E-state index is 13.8. The van der Waals surface area contributed by atoms with Crippen molar-refractivity contribution >= 4 is 15.9 Å². The molecule has 94 valence electrons. The first-order valence-electron chi connectivity index (χ1n) is 5.92. The van der Waals surface area contributed by atoms with Crippen LogP contribution in [0.3, 0.4) is 0 Å². The Morgan fingerprint density at radius 2 is 1.94 bits per heavy atom. The molecule has 1 nitrogen and oxygen atoms in total. The third-order valence-corrected chi connectivity index (χ3v) is 4.11. The van der Waals surface area contributed by atoms with Crippen LogP contribution in [0.4, 0.5) is 8.78 Å². The molecular formula is C13H16BrF2N. The summed E-state index contributed by atoms with van der Waals surface area (Å²) in [6.45, 7) is 0.335. The van der Waals surface area contributed by atoms with Gasteiger partial charge in [0.15, 0.2) is 0 Å². The molecule has 2 rings (SSSR count). The fourth-order valence-electron chi connectivity index (χ4n) is 2.44. The Morgan fingerprint density at radius 3 is 2.59 bits per heavy atom. The van der Waals surface area contributed by atoms with Crippen molar-refractivity contribution in [2.45, 2.75) is 38.3 Å². The van der Waals surface area contributed by atoms with Gasteiger partial charge in [-0.15, -0.1) is 0 Å². The summed E-state index contributed by atoms with van der Waals surface area (Å²) in [7, 11) is 1.94. The number of nitrogens with zero attached hydrogens (tertiary/aromatic N) is 1. The molecule has 0 aromatic heterocycles. The molecule has 0 unspecified atom stereocenters. The van der Waals surface area contributed by atoms with Crippen LogP contribution in [0.25, 0.3) is 0 Å². The molecule has 4 heteroatoms. The molecule has 0 heterocycles. The molecule has 1 aromatic rings. The van der Waals surface area contributed by atoms with Gasteiger partial charge in [0.1, 0.15) is 11.6 Å². The van der Waals surface area contributed by atoms with Gasteiger partial charge in [-0.05, 0) is 48.0 Å². The quantitative estimate of drug-likeness (QED) is 0.760. The average molecular weight is 304 g/mol. The molecule has 0 N–H and O–H groups in total. The second-order valence-corrected chi connectivity index (χ2v) is 5.53. The normalized spacial score (nSPS) is 17.0. The van der Waals surface area contributed by atoms with E-state index in [1.54, 1.807) is 0 Å². The first kappa shape index (κ1) is 13.0. The van der Waals surface area contributed by atoms with Crippen LogP contribution in [-0.4, -0.2) is 18.0 Å². The van der Waals surface area contributed by atoms with E-state index in [0.29, 0.717) is 17.1 Å². The van der Waals surface area contributed by atoms with Crippen molar-refractivity contribution in [2.75, 3.05) is 7.05 Å². The van der Waals surface area contributed by atoms with Crippen LogP contribution in [-0.2, 0) is 6.54 Å². The summed E-state index contributed by atoms with van der Waals surface area (Å²) in [6, 6.07) is 3.18. The Kier molecular flexibility index (Phi) is 4.15. The lowest BCUT2D eigenvalue weighted by Crippen LogP contribution is -2.29. The lowest BCUT2D eigenvalue weighted by Gasteiger charge is -2.24. The molecule has 0 amide bonds. The Labute approximate surface area is 109 Å². The van der Waals surface area contributed by atoms with Crippen molar-refractivity contribution in [1.29, 1.82) is 0 Å². The molecule has 17 heavy (non-hydrogen) atoms. The van der Waals surface area contributed by atoms with Crippen molar-refractivity contribution < 1.29 is 8.78 Å². The van der Waals surface area contributed by atoms with E-state index in [4.69, 9.17) is 0 Å². The molecule has 0 saturated heterocycles. The van der Waals surface area contributed by atoms with E-state index < -0.39 is 11.6 Å². The van der Waals surface area contributed by atoms with Crippen LogP contribution < -0.4 is 0 Å². The van der Waals surface area contributed by atoms with Crippen LogP contribution in [0.15, 0.2) is 16.6 Å². The monoisotopic (exact) mass is 303 g/mol. The number of benzene rings is 1. The highest BCUT2D eigenvalue weighted by atomic mass is 79.9. The summed E-state index contributed by atoms with van der Waals surface area (Å²) in [5.41, 5.74) is 0.161. The number of rotatable bonds is 3. The van der Waals surface area contributed by atoms with E-state index in [1.165, 1.54) is 25.0 Å². The van der Waals surface area contributed by atoms with Gasteiger partial charge < -0.3 is 0 Å². The van der Waals surface area contributed by atoms with E-state index in [9.17, 15) is 8.78 Å². The Bertz CT molecular complexity index is 403.